The molecule has 0 atom stereocenters. The molecule has 1 aliphatic rings. The SMILES string of the molecule is O=C1S/C(=C\c2ccc(Sc3ccccc3)o2)C(=O)N1Cc1ccc(F)cc1Cl. The molecule has 2 heterocycles. The zero-order chi connectivity index (χ0) is 20.4. The van der Waals surface area contributed by atoms with Crippen LogP contribution in [0.5, 0.6) is 0 Å². The highest BCUT2D eigenvalue weighted by atomic mass is 35.5. The van der Waals surface area contributed by atoms with Crippen LogP contribution in [0.25, 0.3) is 6.08 Å². The van der Waals surface area contributed by atoms with Gasteiger partial charge in [-0.1, -0.05) is 47.6 Å². The highest BCUT2D eigenvalue weighted by molar-refractivity contribution is 8.18. The molecule has 4 nitrogen and oxygen atoms in total. The number of carbonyl (C=O) groups is 2. The van der Waals surface area contributed by atoms with Gasteiger partial charge < -0.3 is 4.42 Å². The Morgan fingerprint density at radius 1 is 1.10 bits per heavy atom. The van der Waals surface area contributed by atoms with Crippen LogP contribution in [0, 0.1) is 5.82 Å². The molecule has 3 aromatic rings. The first kappa shape index (κ1) is 19.8. The van der Waals surface area contributed by atoms with E-state index in [0.717, 1.165) is 27.6 Å². The fraction of sp³-hybridized carbons (Fsp3) is 0.0476. The van der Waals surface area contributed by atoms with Crippen molar-refractivity contribution in [3.05, 3.63) is 87.7 Å². The van der Waals surface area contributed by atoms with Gasteiger partial charge >= 0.3 is 0 Å². The lowest BCUT2D eigenvalue weighted by atomic mass is 10.2. The van der Waals surface area contributed by atoms with E-state index >= 15 is 0 Å². The maximum absolute atomic E-state index is 13.2. The summed E-state index contributed by atoms with van der Waals surface area (Å²) in [5.74, 6) is -0.433. The number of halogens is 2. The average molecular weight is 446 g/mol. The van der Waals surface area contributed by atoms with Gasteiger partial charge in [0.1, 0.15) is 11.6 Å². The van der Waals surface area contributed by atoms with E-state index in [1.54, 1.807) is 12.1 Å². The summed E-state index contributed by atoms with van der Waals surface area (Å²) in [6, 6.07) is 17.2. The van der Waals surface area contributed by atoms with Crippen molar-refractivity contribution in [1.29, 1.82) is 0 Å². The lowest BCUT2D eigenvalue weighted by Crippen LogP contribution is -2.27. The van der Waals surface area contributed by atoms with Crippen LogP contribution in [-0.4, -0.2) is 16.0 Å². The second kappa shape index (κ2) is 8.49. The van der Waals surface area contributed by atoms with Gasteiger partial charge in [-0.05, 0) is 53.7 Å². The highest BCUT2D eigenvalue weighted by Gasteiger charge is 2.35. The highest BCUT2D eigenvalue weighted by Crippen LogP contribution is 2.35. The van der Waals surface area contributed by atoms with Crippen LogP contribution in [0.4, 0.5) is 9.18 Å². The van der Waals surface area contributed by atoms with E-state index in [1.165, 1.54) is 23.9 Å². The molecular weight excluding hydrogens is 433 g/mol. The molecule has 0 spiro atoms. The van der Waals surface area contributed by atoms with E-state index in [9.17, 15) is 14.0 Å². The molecule has 0 bridgehead atoms. The molecule has 8 heteroatoms. The number of imide groups is 1. The van der Waals surface area contributed by atoms with Crippen molar-refractivity contribution in [3.8, 4) is 0 Å². The Morgan fingerprint density at radius 3 is 2.66 bits per heavy atom. The van der Waals surface area contributed by atoms with Crippen molar-refractivity contribution in [3.63, 3.8) is 0 Å². The second-order valence-corrected chi connectivity index (χ2v) is 8.55. The summed E-state index contributed by atoms with van der Waals surface area (Å²) in [5.41, 5.74) is 0.496. The number of thioether (sulfide) groups is 1. The normalized spacial score (nSPS) is 15.5. The number of rotatable bonds is 5. The van der Waals surface area contributed by atoms with Crippen LogP contribution >= 0.6 is 35.1 Å². The van der Waals surface area contributed by atoms with Crippen molar-refractivity contribution in [2.75, 3.05) is 0 Å². The van der Waals surface area contributed by atoms with E-state index < -0.39 is 17.0 Å². The fourth-order valence-corrected chi connectivity index (χ4v) is 4.50. The third kappa shape index (κ3) is 4.58. The molecule has 0 aliphatic carbocycles. The van der Waals surface area contributed by atoms with Crippen LogP contribution in [0.3, 0.4) is 0 Å². The Bertz CT molecular complexity index is 1110. The Kier molecular flexibility index (Phi) is 5.80. The lowest BCUT2D eigenvalue weighted by molar-refractivity contribution is -0.123. The number of hydrogen-bond donors (Lipinski definition) is 0. The third-order valence-electron chi connectivity index (χ3n) is 4.05. The zero-order valence-electron chi connectivity index (χ0n) is 14.8. The summed E-state index contributed by atoms with van der Waals surface area (Å²) >= 11 is 8.31. The number of carbonyl (C=O) groups excluding carboxylic acids is 2. The molecule has 29 heavy (non-hydrogen) atoms. The Hall–Kier alpha value is -2.48. The minimum atomic E-state index is -0.477. The Morgan fingerprint density at radius 2 is 1.90 bits per heavy atom. The Balaban J connectivity index is 1.49. The molecule has 1 saturated heterocycles. The smallest absolute Gasteiger partial charge is 0.293 e. The predicted molar refractivity (Wildman–Crippen MR) is 112 cm³/mol. The molecule has 0 N–H and O–H groups in total. The molecule has 1 fully saturated rings. The molecule has 1 aliphatic heterocycles. The van der Waals surface area contributed by atoms with E-state index in [-0.39, 0.29) is 16.5 Å². The van der Waals surface area contributed by atoms with Gasteiger partial charge in [0.15, 0.2) is 5.09 Å². The van der Waals surface area contributed by atoms with Crippen molar-refractivity contribution in [2.45, 2.75) is 16.5 Å². The number of amides is 2. The van der Waals surface area contributed by atoms with Crippen molar-refractivity contribution in [2.24, 2.45) is 0 Å². The first-order valence-corrected chi connectivity index (χ1v) is 10.5. The molecule has 4 rings (SSSR count). The average Bonchev–Trinajstić information content (AvgIpc) is 3.24. The maximum atomic E-state index is 13.2. The molecule has 146 valence electrons. The van der Waals surface area contributed by atoms with Crippen LogP contribution in [-0.2, 0) is 11.3 Å². The topological polar surface area (TPSA) is 50.5 Å². The van der Waals surface area contributed by atoms with Crippen molar-refractivity contribution < 1.29 is 18.4 Å². The van der Waals surface area contributed by atoms with Gasteiger partial charge in [-0.3, -0.25) is 14.5 Å². The first-order valence-electron chi connectivity index (χ1n) is 8.51. The van der Waals surface area contributed by atoms with Gasteiger partial charge in [-0.2, -0.15) is 0 Å². The van der Waals surface area contributed by atoms with E-state index in [4.69, 9.17) is 16.0 Å². The molecule has 0 radical (unpaired) electrons. The van der Waals surface area contributed by atoms with E-state index in [0.29, 0.717) is 16.4 Å². The number of furan rings is 1. The summed E-state index contributed by atoms with van der Waals surface area (Å²) in [6.45, 7) is -0.0195. The number of benzene rings is 2. The molecular formula is C21H13ClFNO3S2. The molecule has 2 aromatic carbocycles. The number of hydrogen-bond acceptors (Lipinski definition) is 5. The molecule has 0 saturated carbocycles. The largest absolute Gasteiger partial charge is 0.450 e. The Labute approximate surface area is 179 Å². The summed E-state index contributed by atoms with van der Waals surface area (Å²) < 4.78 is 18.9. The predicted octanol–water partition coefficient (Wildman–Crippen LogP) is 6.46. The van der Waals surface area contributed by atoms with Gasteiger partial charge in [0.2, 0.25) is 0 Å². The minimum absolute atomic E-state index is 0.0195. The van der Waals surface area contributed by atoms with Crippen LogP contribution in [0.2, 0.25) is 5.02 Å². The quantitative estimate of drug-likeness (QED) is 0.422. The zero-order valence-corrected chi connectivity index (χ0v) is 17.2. The third-order valence-corrected chi connectivity index (χ3v) is 6.24. The summed E-state index contributed by atoms with van der Waals surface area (Å²) in [7, 11) is 0. The van der Waals surface area contributed by atoms with Gasteiger partial charge in [0.25, 0.3) is 11.1 Å². The number of nitrogens with zero attached hydrogens (tertiary/aromatic N) is 1. The fourth-order valence-electron chi connectivity index (χ4n) is 2.66. The van der Waals surface area contributed by atoms with Gasteiger partial charge in [-0.15, -0.1) is 0 Å². The van der Waals surface area contributed by atoms with Crippen LogP contribution < -0.4 is 0 Å². The molecule has 0 unspecified atom stereocenters. The summed E-state index contributed by atoms with van der Waals surface area (Å²) in [4.78, 5) is 27.3. The van der Waals surface area contributed by atoms with Crippen LogP contribution in [0.1, 0.15) is 11.3 Å². The van der Waals surface area contributed by atoms with E-state index in [2.05, 4.69) is 0 Å². The van der Waals surface area contributed by atoms with E-state index in [1.807, 2.05) is 36.4 Å². The van der Waals surface area contributed by atoms with Gasteiger partial charge in [0, 0.05) is 16.0 Å². The van der Waals surface area contributed by atoms with Gasteiger partial charge in [0.05, 0.1) is 11.4 Å². The second-order valence-electron chi connectivity index (χ2n) is 6.08. The maximum Gasteiger partial charge on any atom is 0.293 e. The van der Waals surface area contributed by atoms with Crippen molar-refractivity contribution in [1.82, 2.24) is 4.90 Å². The summed E-state index contributed by atoms with van der Waals surface area (Å²) in [5, 5.41) is 0.438. The van der Waals surface area contributed by atoms with Crippen molar-refractivity contribution >= 4 is 52.3 Å². The molecule has 2 amide bonds. The lowest BCUT2D eigenvalue weighted by Gasteiger charge is -2.13. The first-order chi connectivity index (χ1) is 14.0. The minimum Gasteiger partial charge on any atom is -0.450 e. The summed E-state index contributed by atoms with van der Waals surface area (Å²) in [6.07, 6.45) is 1.55. The molecule has 1 aromatic heterocycles. The van der Waals surface area contributed by atoms with Crippen LogP contribution in [0.15, 0.2) is 80.0 Å². The van der Waals surface area contributed by atoms with Gasteiger partial charge in [-0.25, -0.2) is 4.39 Å². The standard InChI is InChI=1S/C21H13ClFNO3S2/c22-17-10-14(23)7-6-13(17)12-24-20(25)18(29-21(24)26)11-15-8-9-19(27-15)28-16-4-2-1-3-5-16/h1-11H,12H2/b18-11-. The monoisotopic (exact) mass is 445 g/mol.